The molecule has 19 heavy (non-hydrogen) atoms. The Morgan fingerprint density at radius 1 is 1.37 bits per heavy atom. The molecule has 1 aliphatic rings. The van der Waals surface area contributed by atoms with E-state index in [9.17, 15) is 14.0 Å². The van der Waals surface area contributed by atoms with Gasteiger partial charge >= 0.3 is 5.97 Å². The number of rotatable bonds is 4. The van der Waals surface area contributed by atoms with E-state index in [2.05, 4.69) is 0 Å². The van der Waals surface area contributed by atoms with E-state index in [0.717, 1.165) is 16.3 Å². The van der Waals surface area contributed by atoms with Crippen molar-refractivity contribution in [2.75, 3.05) is 17.2 Å². The zero-order valence-electron chi connectivity index (χ0n) is 10.3. The van der Waals surface area contributed by atoms with Crippen molar-refractivity contribution in [2.24, 2.45) is 0 Å². The highest BCUT2D eigenvalue weighted by molar-refractivity contribution is 7.99. The number of hydrogen-bond acceptors (Lipinski definition) is 3. The van der Waals surface area contributed by atoms with Gasteiger partial charge in [0.15, 0.2) is 0 Å². The lowest BCUT2D eigenvalue weighted by atomic mass is 10.2. The highest BCUT2D eigenvalue weighted by Gasteiger charge is 2.23. The Kier molecular flexibility index (Phi) is 4.42. The Morgan fingerprint density at radius 2 is 2.16 bits per heavy atom. The zero-order chi connectivity index (χ0) is 13.8. The highest BCUT2D eigenvalue weighted by Crippen LogP contribution is 2.35. The van der Waals surface area contributed by atoms with Crippen LogP contribution in [0.3, 0.4) is 0 Å². The number of thioether (sulfide) groups is 1. The second kappa shape index (κ2) is 6.06. The molecular weight excluding hydrogens is 269 g/mol. The first kappa shape index (κ1) is 13.9. The summed E-state index contributed by atoms with van der Waals surface area (Å²) >= 11 is 1.52. The minimum absolute atomic E-state index is 0.00932. The number of carboxylic acid groups (broad SMARTS) is 1. The Bertz CT molecular complexity index is 507. The Hall–Kier alpha value is -1.56. The first-order valence-electron chi connectivity index (χ1n) is 6.02. The maximum atomic E-state index is 13.1. The number of aliphatic carboxylic acids is 1. The van der Waals surface area contributed by atoms with Crippen molar-refractivity contribution in [3.63, 3.8) is 0 Å². The number of amides is 1. The number of fused-ring (bicyclic) bond motifs is 1. The molecule has 0 unspecified atom stereocenters. The molecule has 0 saturated heterocycles. The van der Waals surface area contributed by atoms with Gasteiger partial charge in [0.05, 0.1) is 5.69 Å². The Balaban J connectivity index is 2.06. The fraction of sp³-hybridized carbons (Fsp3) is 0.385. The number of benzene rings is 1. The van der Waals surface area contributed by atoms with Crippen molar-refractivity contribution in [3.8, 4) is 0 Å². The van der Waals surface area contributed by atoms with Crippen LogP contribution in [0.2, 0.25) is 0 Å². The Morgan fingerprint density at radius 3 is 2.89 bits per heavy atom. The fourth-order valence-electron chi connectivity index (χ4n) is 1.98. The van der Waals surface area contributed by atoms with E-state index in [0.29, 0.717) is 13.0 Å². The summed E-state index contributed by atoms with van der Waals surface area (Å²) in [4.78, 5) is 24.9. The summed E-state index contributed by atoms with van der Waals surface area (Å²) in [7, 11) is 0. The molecule has 0 spiro atoms. The third-order valence-corrected chi connectivity index (χ3v) is 3.89. The first-order chi connectivity index (χ1) is 9.08. The molecule has 0 aliphatic carbocycles. The molecule has 1 heterocycles. The summed E-state index contributed by atoms with van der Waals surface area (Å²) < 4.78 is 13.1. The SMILES string of the molecule is O=C(O)CCCC(=O)N1CCSc2cc(F)ccc21. The molecule has 0 saturated carbocycles. The van der Waals surface area contributed by atoms with Gasteiger partial charge in [-0.1, -0.05) is 0 Å². The van der Waals surface area contributed by atoms with Crippen LogP contribution in [0.5, 0.6) is 0 Å². The largest absolute Gasteiger partial charge is 0.481 e. The molecular formula is C13H14FNO3S. The first-order valence-corrected chi connectivity index (χ1v) is 7.01. The normalized spacial score (nSPS) is 14.1. The second-order valence-electron chi connectivity index (χ2n) is 4.25. The second-order valence-corrected chi connectivity index (χ2v) is 5.39. The van der Waals surface area contributed by atoms with Crippen LogP contribution in [0.4, 0.5) is 10.1 Å². The molecule has 0 aromatic heterocycles. The highest BCUT2D eigenvalue weighted by atomic mass is 32.2. The molecule has 2 rings (SSSR count). The summed E-state index contributed by atoms with van der Waals surface area (Å²) in [5.74, 6) is -0.591. The maximum Gasteiger partial charge on any atom is 0.303 e. The topological polar surface area (TPSA) is 57.6 Å². The molecule has 102 valence electrons. The summed E-state index contributed by atoms with van der Waals surface area (Å²) in [6.07, 6.45) is 0.521. The lowest BCUT2D eigenvalue weighted by Crippen LogP contribution is -2.35. The van der Waals surface area contributed by atoms with Crippen LogP contribution in [0.25, 0.3) is 0 Å². The van der Waals surface area contributed by atoms with Crippen molar-refractivity contribution >= 4 is 29.3 Å². The number of anilines is 1. The van der Waals surface area contributed by atoms with E-state index in [4.69, 9.17) is 5.11 Å². The van der Waals surface area contributed by atoms with Gasteiger partial charge in [-0.3, -0.25) is 9.59 Å². The monoisotopic (exact) mass is 283 g/mol. The predicted octanol–water partition coefficient (Wildman–Crippen LogP) is 2.52. The van der Waals surface area contributed by atoms with E-state index in [-0.39, 0.29) is 24.6 Å². The fourth-order valence-corrected chi connectivity index (χ4v) is 2.99. The van der Waals surface area contributed by atoms with Crippen molar-refractivity contribution in [2.45, 2.75) is 24.2 Å². The van der Waals surface area contributed by atoms with Gasteiger partial charge in [0.25, 0.3) is 0 Å². The standard InChI is InChI=1S/C13H14FNO3S/c14-9-4-5-10-11(8-9)19-7-6-15(10)12(16)2-1-3-13(17)18/h4-5,8H,1-3,6-7H2,(H,17,18). The number of carboxylic acids is 1. The van der Waals surface area contributed by atoms with Gasteiger partial charge in [-0.05, 0) is 24.6 Å². The molecule has 6 heteroatoms. The molecule has 4 nitrogen and oxygen atoms in total. The van der Waals surface area contributed by atoms with Crippen LogP contribution in [0.1, 0.15) is 19.3 Å². The molecule has 0 radical (unpaired) electrons. The lowest BCUT2D eigenvalue weighted by Gasteiger charge is -2.29. The predicted molar refractivity (Wildman–Crippen MR) is 71.0 cm³/mol. The van der Waals surface area contributed by atoms with Gasteiger partial charge in [-0.25, -0.2) is 4.39 Å². The number of nitrogens with zero attached hydrogens (tertiary/aromatic N) is 1. The van der Waals surface area contributed by atoms with Crippen molar-refractivity contribution in [3.05, 3.63) is 24.0 Å². The van der Waals surface area contributed by atoms with Crippen molar-refractivity contribution in [1.29, 1.82) is 0 Å². The van der Waals surface area contributed by atoms with E-state index in [1.54, 1.807) is 11.0 Å². The minimum atomic E-state index is -0.899. The van der Waals surface area contributed by atoms with Crippen molar-refractivity contribution < 1.29 is 19.1 Å². The quantitative estimate of drug-likeness (QED) is 0.922. The summed E-state index contributed by atoms with van der Waals surface area (Å²) in [5.41, 5.74) is 0.720. The average Bonchev–Trinajstić information content (AvgIpc) is 2.37. The molecule has 0 fully saturated rings. The number of carbonyl (C=O) groups excluding carboxylic acids is 1. The summed E-state index contributed by atoms with van der Waals surface area (Å²) in [6, 6.07) is 4.37. The average molecular weight is 283 g/mol. The van der Waals surface area contributed by atoms with Crippen LogP contribution in [-0.2, 0) is 9.59 Å². The molecule has 0 bridgehead atoms. The van der Waals surface area contributed by atoms with E-state index >= 15 is 0 Å². The van der Waals surface area contributed by atoms with Crippen LogP contribution >= 0.6 is 11.8 Å². The van der Waals surface area contributed by atoms with Crippen LogP contribution in [-0.4, -0.2) is 29.3 Å². The number of halogens is 1. The smallest absolute Gasteiger partial charge is 0.303 e. The lowest BCUT2D eigenvalue weighted by molar-refractivity contribution is -0.137. The maximum absolute atomic E-state index is 13.1. The van der Waals surface area contributed by atoms with Crippen molar-refractivity contribution in [1.82, 2.24) is 0 Å². The van der Waals surface area contributed by atoms with E-state index in [1.807, 2.05) is 0 Å². The summed E-state index contributed by atoms with van der Waals surface area (Å²) in [5, 5.41) is 8.56. The van der Waals surface area contributed by atoms with E-state index < -0.39 is 5.97 Å². The van der Waals surface area contributed by atoms with Gasteiger partial charge in [-0.2, -0.15) is 0 Å². The van der Waals surface area contributed by atoms with E-state index in [1.165, 1.54) is 23.9 Å². The number of hydrogen-bond donors (Lipinski definition) is 1. The van der Waals surface area contributed by atoms with Gasteiger partial charge < -0.3 is 10.0 Å². The number of carbonyl (C=O) groups is 2. The van der Waals surface area contributed by atoms with Gasteiger partial charge in [0.2, 0.25) is 5.91 Å². The molecule has 1 amide bonds. The zero-order valence-corrected chi connectivity index (χ0v) is 11.1. The van der Waals surface area contributed by atoms with Crippen LogP contribution in [0, 0.1) is 5.82 Å². The third-order valence-electron chi connectivity index (χ3n) is 2.87. The molecule has 1 N–H and O–H groups in total. The molecule has 0 atom stereocenters. The Labute approximate surface area is 114 Å². The molecule has 1 aliphatic heterocycles. The molecule has 1 aromatic rings. The third kappa shape index (κ3) is 3.47. The summed E-state index contributed by atoms with van der Waals surface area (Å²) in [6.45, 7) is 0.579. The van der Waals surface area contributed by atoms with Gasteiger partial charge in [-0.15, -0.1) is 11.8 Å². The van der Waals surface area contributed by atoms with Gasteiger partial charge in [0, 0.05) is 30.0 Å². The van der Waals surface area contributed by atoms with Gasteiger partial charge in [0.1, 0.15) is 5.82 Å². The van der Waals surface area contributed by atoms with Crippen LogP contribution in [0.15, 0.2) is 23.1 Å². The minimum Gasteiger partial charge on any atom is -0.481 e. The van der Waals surface area contributed by atoms with Crippen LogP contribution < -0.4 is 4.90 Å². The molecule has 1 aromatic carbocycles.